The molecule has 0 fully saturated rings. The lowest BCUT2D eigenvalue weighted by molar-refractivity contribution is -0.385. The Bertz CT molecular complexity index is 1190. The van der Waals surface area contributed by atoms with Crippen molar-refractivity contribution in [2.75, 3.05) is 0 Å². The molecule has 32 heavy (non-hydrogen) atoms. The maximum atomic E-state index is 14.3. The van der Waals surface area contributed by atoms with Gasteiger partial charge in [-0.25, -0.2) is 4.39 Å². The molecule has 0 amide bonds. The lowest BCUT2D eigenvalue weighted by Crippen LogP contribution is -2.29. The Hall–Kier alpha value is -3.97. The van der Waals surface area contributed by atoms with E-state index in [-0.39, 0.29) is 22.2 Å². The van der Waals surface area contributed by atoms with Gasteiger partial charge >= 0.3 is 0 Å². The highest BCUT2D eigenvalue weighted by atomic mass is 35.5. The number of nitro groups is 1. The largest absolute Gasteiger partial charge is 0.453 e. The number of ether oxygens (including phenoxy) is 1. The maximum Gasteiger partial charge on any atom is 0.272 e. The van der Waals surface area contributed by atoms with Gasteiger partial charge in [0, 0.05) is 23.4 Å². The number of aliphatic imine (C=N–C) groups is 1. The standard InChI is InChI=1S/C24H17ClFN3O3/c25-22-21(32-20-12-11-18(29(30)31)15-19(20)26)13-14-27-24(22)28-23(16-7-3-1-4-8-16)17-9-5-2-6-10-17/h1-15,24,27H. The van der Waals surface area contributed by atoms with E-state index in [0.29, 0.717) is 0 Å². The quantitative estimate of drug-likeness (QED) is 0.304. The molecule has 1 aliphatic rings. The molecule has 3 aromatic carbocycles. The van der Waals surface area contributed by atoms with Gasteiger partial charge < -0.3 is 10.1 Å². The molecule has 1 atom stereocenters. The topological polar surface area (TPSA) is 76.8 Å². The molecule has 0 aromatic heterocycles. The summed E-state index contributed by atoms with van der Waals surface area (Å²) in [7, 11) is 0. The number of hydrogen-bond donors (Lipinski definition) is 1. The second-order valence-corrected chi connectivity index (χ2v) is 7.21. The molecule has 0 spiro atoms. The van der Waals surface area contributed by atoms with Crippen LogP contribution in [0.4, 0.5) is 10.1 Å². The molecule has 0 bridgehead atoms. The fourth-order valence-corrected chi connectivity index (χ4v) is 3.33. The summed E-state index contributed by atoms with van der Waals surface area (Å²) in [6, 6.07) is 22.5. The smallest absolute Gasteiger partial charge is 0.272 e. The van der Waals surface area contributed by atoms with E-state index < -0.39 is 16.9 Å². The van der Waals surface area contributed by atoms with Crippen LogP contribution in [0.15, 0.2) is 107 Å². The Balaban J connectivity index is 1.68. The Morgan fingerprint density at radius 3 is 2.22 bits per heavy atom. The molecule has 0 saturated carbocycles. The third-order valence-corrected chi connectivity index (χ3v) is 5.06. The zero-order valence-electron chi connectivity index (χ0n) is 16.6. The summed E-state index contributed by atoms with van der Waals surface area (Å²) in [4.78, 5) is 15.0. The lowest BCUT2D eigenvalue weighted by Gasteiger charge is -2.21. The van der Waals surface area contributed by atoms with E-state index in [4.69, 9.17) is 21.3 Å². The maximum absolute atomic E-state index is 14.3. The molecule has 6 nitrogen and oxygen atoms in total. The van der Waals surface area contributed by atoms with Gasteiger partial charge in [-0.1, -0.05) is 72.3 Å². The van der Waals surface area contributed by atoms with Gasteiger partial charge in [0.15, 0.2) is 17.7 Å². The molecule has 1 unspecified atom stereocenters. The van der Waals surface area contributed by atoms with Gasteiger partial charge in [-0.15, -0.1) is 0 Å². The molecule has 8 heteroatoms. The van der Waals surface area contributed by atoms with Crippen molar-refractivity contribution in [2.45, 2.75) is 6.17 Å². The second-order valence-electron chi connectivity index (χ2n) is 6.80. The van der Waals surface area contributed by atoms with E-state index in [0.717, 1.165) is 29.0 Å². The van der Waals surface area contributed by atoms with Crippen LogP contribution in [0.3, 0.4) is 0 Å². The number of halogens is 2. The van der Waals surface area contributed by atoms with Crippen LogP contribution in [0.5, 0.6) is 5.75 Å². The average molecular weight is 450 g/mol. The molecule has 160 valence electrons. The minimum absolute atomic E-state index is 0.177. The Labute approximate surface area is 188 Å². The Morgan fingerprint density at radius 1 is 1.03 bits per heavy atom. The predicted molar refractivity (Wildman–Crippen MR) is 121 cm³/mol. The van der Waals surface area contributed by atoms with Gasteiger partial charge in [0.1, 0.15) is 10.8 Å². The molecule has 3 aromatic rings. The van der Waals surface area contributed by atoms with Crippen molar-refractivity contribution < 1.29 is 14.1 Å². The summed E-state index contributed by atoms with van der Waals surface area (Å²) < 4.78 is 19.9. The summed E-state index contributed by atoms with van der Waals surface area (Å²) >= 11 is 6.55. The molecular formula is C24H17ClFN3O3. The highest BCUT2D eigenvalue weighted by Gasteiger charge is 2.22. The summed E-state index contributed by atoms with van der Waals surface area (Å²) in [5.74, 6) is -0.853. The number of dihydropyridines is 1. The van der Waals surface area contributed by atoms with E-state index in [9.17, 15) is 14.5 Å². The minimum Gasteiger partial charge on any atom is -0.453 e. The molecular weight excluding hydrogens is 433 g/mol. The third-order valence-electron chi connectivity index (χ3n) is 4.66. The van der Waals surface area contributed by atoms with E-state index in [1.807, 2.05) is 60.7 Å². The van der Waals surface area contributed by atoms with Crippen molar-refractivity contribution in [1.29, 1.82) is 0 Å². The van der Waals surface area contributed by atoms with E-state index in [1.54, 1.807) is 12.3 Å². The Kier molecular flexibility index (Phi) is 6.28. The van der Waals surface area contributed by atoms with E-state index >= 15 is 0 Å². The van der Waals surface area contributed by atoms with Crippen molar-refractivity contribution in [3.8, 4) is 5.75 Å². The van der Waals surface area contributed by atoms with Crippen molar-refractivity contribution in [1.82, 2.24) is 5.32 Å². The number of non-ortho nitro benzene ring substituents is 1. The van der Waals surface area contributed by atoms with Gasteiger partial charge in [0.2, 0.25) is 0 Å². The third kappa shape index (κ3) is 4.68. The van der Waals surface area contributed by atoms with E-state index in [1.165, 1.54) is 6.07 Å². The van der Waals surface area contributed by atoms with Crippen molar-refractivity contribution in [3.05, 3.63) is 129 Å². The molecule has 1 N–H and O–H groups in total. The van der Waals surface area contributed by atoms with Crippen LogP contribution in [0, 0.1) is 15.9 Å². The monoisotopic (exact) mass is 449 g/mol. The van der Waals surface area contributed by atoms with Crippen LogP contribution >= 0.6 is 11.6 Å². The minimum atomic E-state index is -0.864. The van der Waals surface area contributed by atoms with Crippen LogP contribution < -0.4 is 10.1 Å². The van der Waals surface area contributed by atoms with Gasteiger partial charge in [-0.2, -0.15) is 0 Å². The first-order valence-corrected chi connectivity index (χ1v) is 10.0. The normalized spacial score (nSPS) is 15.1. The zero-order valence-corrected chi connectivity index (χ0v) is 17.4. The van der Waals surface area contributed by atoms with Crippen LogP contribution in [-0.2, 0) is 0 Å². The molecule has 0 saturated heterocycles. The number of nitrogens with zero attached hydrogens (tertiary/aromatic N) is 2. The highest BCUT2D eigenvalue weighted by Crippen LogP contribution is 2.28. The predicted octanol–water partition coefficient (Wildman–Crippen LogP) is 5.54. The van der Waals surface area contributed by atoms with Gasteiger partial charge in [0.25, 0.3) is 5.69 Å². The first kappa shape index (κ1) is 21.3. The van der Waals surface area contributed by atoms with Crippen LogP contribution in [-0.4, -0.2) is 16.8 Å². The number of hydrogen-bond acceptors (Lipinski definition) is 5. The van der Waals surface area contributed by atoms with Crippen molar-refractivity contribution in [2.24, 2.45) is 4.99 Å². The first-order chi connectivity index (χ1) is 15.5. The number of allylic oxidation sites excluding steroid dienone is 1. The van der Waals surface area contributed by atoms with Crippen LogP contribution in [0.1, 0.15) is 11.1 Å². The summed E-state index contributed by atoms with van der Waals surface area (Å²) in [5, 5.41) is 14.1. The zero-order chi connectivity index (χ0) is 22.5. The van der Waals surface area contributed by atoms with Gasteiger partial charge in [0.05, 0.1) is 16.7 Å². The van der Waals surface area contributed by atoms with Gasteiger partial charge in [-0.05, 0) is 12.1 Å². The first-order valence-electron chi connectivity index (χ1n) is 9.65. The van der Waals surface area contributed by atoms with Crippen LogP contribution in [0.25, 0.3) is 0 Å². The van der Waals surface area contributed by atoms with E-state index in [2.05, 4.69) is 5.32 Å². The van der Waals surface area contributed by atoms with Crippen molar-refractivity contribution in [3.63, 3.8) is 0 Å². The second kappa shape index (κ2) is 9.45. The molecule has 1 aliphatic heterocycles. The SMILES string of the molecule is O=[N+]([O-])c1ccc(OC2=C(Cl)C(N=C(c3ccccc3)c3ccccc3)NC=C2)c(F)c1. The molecule has 0 radical (unpaired) electrons. The Morgan fingerprint density at radius 2 is 1.66 bits per heavy atom. The fraction of sp³-hybridized carbons (Fsp3) is 0.0417. The van der Waals surface area contributed by atoms with Crippen LogP contribution in [0.2, 0.25) is 0 Å². The number of nitro benzene ring substituents is 1. The number of rotatable bonds is 6. The molecule has 4 rings (SSSR count). The highest BCUT2D eigenvalue weighted by molar-refractivity contribution is 6.31. The lowest BCUT2D eigenvalue weighted by atomic mass is 10.0. The average Bonchev–Trinajstić information content (AvgIpc) is 2.82. The summed E-state index contributed by atoms with van der Waals surface area (Å²) in [5.41, 5.74) is 2.17. The summed E-state index contributed by atoms with van der Waals surface area (Å²) in [6.07, 6.45) is 2.47. The molecule has 0 aliphatic carbocycles. The number of nitrogens with one attached hydrogen (secondary N) is 1. The number of benzene rings is 3. The molecule has 1 heterocycles. The van der Waals surface area contributed by atoms with Gasteiger partial charge in [-0.3, -0.25) is 15.1 Å². The fourth-order valence-electron chi connectivity index (χ4n) is 3.12. The van der Waals surface area contributed by atoms with Crippen molar-refractivity contribution >= 4 is 23.0 Å². The summed E-state index contributed by atoms with van der Waals surface area (Å²) in [6.45, 7) is 0.